The number of ether oxygens (including phenoxy) is 1. The number of rotatable bonds is 7. The maximum Gasteiger partial charge on any atom is 0.289 e. The Hall–Kier alpha value is -3.60. The molecule has 2 aromatic heterocycles. The summed E-state index contributed by atoms with van der Waals surface area (Å²) >= 11 is 0. The highest BCUT2D eigenvalue weighted by molar-refractivity contribution is 5.99. The number of nitrogens with zero attached hydrogens (tertiary/aromatic N) is 2. The van der Waals surface area contributed by atoms with Crippen LogP contribution in [0.3, 0.4) is 0 Å². The van der Waals surface area contributed by atoms with Gasteiger partial charge in [-0.3, -0.25) is 9.78 Å². The van der Waals surface area contributed by atoms with Crippen molar-refractivity contribution in [2.75, 3.05) is 13.6 Å². The van der Waals surface area contributed by atoms with Crippen LogP contribution in [0.5, 0.6) is 5.75 Å². The highest BCUT2D eigenvalue weighted by Gasteiger charge is 2.23. The van der Waals surface area contributed by atoms with Crippen molar-refractivity contribution in [3.63, 3.8) is 0 Å². The number of carbonyl (C=O) groups excluding carboxylic acids is 1. The van der Waals surface area contributed by atoms with Gasteiger partial charge in [-0.15, -0.1) is 0 Å². The minimum Gasteiger partial charge on any atom is -0.489 e. The number of aromatic nitrogens is 1. The predicted octanol–water partition coefficient (Wildman–Crippen LogP) is 4.72. The van der Waals surface area contributed by atoms with Crippen molar-refractivity contribution in [1.82, 2.24) is 9.88 Å². The number of amides is 1. The van der Waals surface area contributed by atoms with E-state index in [1.165, 1.54) is 0 Å². The third-order valence-corrected chi connectivity index (χ3v) is 4.80. The van der Waals surface area contributed by atoms with E-state index in [0.29, 0.717) is 24.3 Å². The maximum atomic E-state index is 13.1. The van der Waals surface area contributed by atoms with Gasteiger partial charge in [-0.25, -0.2) is 0 Å². The number of hydrogen-bond acceptors (Lipinski definition) is 4. The third-order valence-electron chi connectivity index (χ3n) is 4.80. The van der Waals surface area contributed by atoms with Crippen LogP contribution in [0.4, 0.5) is 0 Å². The summed E-state index contributed by atoms with van der Waals surface area (Å²) in [6.07, 6.45) is 2.44. The summed E-state index contributed by atoms with van der Waals surface area (Å²) in [5, 5.41) is 0.893. The summed E-state index contributed by atoms with van der Waals surface area (Å²) in [5.41, 5.74) is 2.39. The second kappa shape index (κ2) is 8.61. The van der Waals surface area contributed by atoms with Crippen LogP contribution in [0, 0.1) is 0 Å². The fourth-order valence-electron chi connectivity index (χ4n) is 3.19. The first-order valence-corrected chi connectivity index (χ1v) is 9.56. The van der Waals surface area contributed by atoms with Gasteiger partial charge >= 0.3 is 0 Å². The first kappa shape index (κ1) is 18.7. The molecule has 0 N–H and O–H groups in total. The number of fused-ring (bicyclic) bond motifs is 1. The SMILES string of the molecule is CN(CCc1ccccn1)C(=O)c1oc2ccccc2c1COc1ccccc1. The summed E-state index contributed by atoms with van der Waals surface area (Å²) in [6.45, 7) is 0.808. The smallest absolute Gasteiger partial charge is 0.289 e. The van der Waals surface area contributed by atoms with Gasteiger partial charge < -0.3 is 14.1 Å². The van der Waals surface area contributed by atoms with Gasteiger partial charge in [-0.2, -0.15) is 0 Å². The highest BCUT2D eigenvalue weighted by atomic mass is 16.5. The van der Waals surface area contributed by atoms with Crippen molar-refractivity contribution in [3.05, 3.63) is 96.0 Å². The van der Waals surface area contributed by atoms with Crippen LogP contribution in [0.15, 0.2) is 83.4 Å². The molecule has 0 saturated heterocycles. The number of furan rings is 1. The molecular formula is C24H22N2O3. The Balaban J connectivity index is 1.56. The van der Waals surface area contributed by atoms with Crippen LogP contribution in [0.1, 0.15) is 21.8 Å². The number of hydrogen-bond donors (Lipinski definition) is 0. The molecule has 4 aromatic rings. The van der Waals surface area contributed by atoms with E-state index in [1.54, 1.807) is 18.1 Å². The molecule has 0 aliphatic heterocycles. The third kappa shape index (κ3) is 4.29. The van der Waals surface area contributed by atoms with Gasteiger partial charge in [0, 0.05) is 42.9 Å². The summed E-state index contributed by atoms with van der Waals surface area (Å²) in [7, 11) is 1.78. The van der Waals surface area contributed by atoms with Crippen molar-refractivity contribution < 1.29 is 13.9 Å². The number of para-hydroxylation sites is 2. The van der Waals surface area contributed by atoms with Crippen molar-refractivity contribution in [2.24, 2.45) is 0 Å². The van der Waals surface area contributed by atoms with E-state index in [1.807, 2.05) is 72.8 Å². The lowest BCUT2D eigenvalue weighted by Gasteiger charge is -2.16. The summed E-state index contributed by atoms with van der Waals surface area (Å²) < 4.78 is 11.9. The van der Waals surface area contributed by atoms with E-state index in [4.69, 9.17) is 9.15 Å². The molecule has 0 spiro atoms. The first-order valence-electron chi connectivity index (χ1n) is 9.56. The lowest BCUT2D eigenvalue weighted by atomic mass is 10.1. The number of likely N-dealkylation sites (N-methyl/N-ethyl adjacent to an activating group) is 1. The lowest BCUT2D eigenvalue weighted by Crippen LogP contribution is -2.29. The van der Waals surface area contributed by atoms with Crippen LogP contribution >= 0.6 is 0 Å². The first-order chi connectivity index (χ1) is 14.2. The molecule has 29 heavy (non-hydrogen) atoms. The molecule has 146 valence electrons. The van der Waals surface area contributed by atoms with Gasteiger partial charge in [0.2, 0.25) is 0 Å². The molecule has 0 aliphatic rings. The lowest BCUT2D eigenvalue weighted by molar-refractivity contribution is 0.0763. The van der Waals surface area contributed by atoms with Gasteiger partial charge in [0.05, 0.1) is 0 Å². The zero-order chi connectivity index (χ0) is 20.1. The Morgan fingerprint density at radius 3 is 2.55 bits per heavy atom. The second-order valence-electron chi connectivity index (χ2n) is 6.81. The predicted molar refractivity (Wildman–Crippen MR) is 112 cm³/mol. The van der Waals surface area contributed by atoms with Gasteiger partial charge in [-0.1, -0.05) is 42.5 Å². The molecule has 1 amide bonds. The fourth-order valence-corrected chi connectivity index (χ4v) is 3.19. The number of benzene rings is 2. The van der Waals surface area contributed by atoms with E-state index in [0.717, 1.165) is 22.4 Å². The molecule has 0 radical (unpaired) electrons. The van der Waals surface area contributed by atoms with Crippen LogP contribution < -0.4 is 4.74 Å². The molecular weight excluding hydrogens is 364 g/mol. The van der Waals surface area contributed by atoms with Crippen LogP contribution in [-0.4, -0.2) is 29.4 Å². The topological polar surface area (TPSA) is 55.6 Å². The van der Waals surface area contributed by atoms with Gasteiger partial charge in [0.25, 0.3) is 5.91 Å². The number of carbonyl (C=O) groups is 1. The minimum absolute atomic E-state index is 0.163. The molecule has 0 fully saturated rings. The summed E-state index contributed by atoms with van der Waals surface area (Å²) in [5.74, 6) is 0.911. The van der Waals surface area contributed by atoms with Crippen molar-refractivity contribution in [1.29, 1.82) is 0 Å². The van der Waals surface area contributed by atoms with Crippen LogP contribution in [0.25, 0.3) is 11.0 Å². The molecule has 4 rings (SSSR count). The molecule has 0 aliphatic carbocycles. The van der Waals surface area contributed by atoms with Gasteiger partial charge in [-0.05, 0) is 30.3 Å². The van der Waals surface area contributed by atoms with E-state index >= 15 is 0 Å². The van der Waals surface area contributed by atoms with E-state index < -0.39 is 0 Å². The van der Waals surface area contributed by atoms with E-state index in [2.05, 4.69) is 4.98 Å². The molecule has 0 atom stereocenters. The molecule has 0 saturated carbocycles. The fraction of sp³-hybridized carbons (Fsp3) is 0.167. The van der Waals surface area contributed by atoms with Crippen molar-refractivity contribution in [3.8, 4) is 5.75 Å². The van der Waals surface area contributed by atoms with Crippen LogP contribution in [-0.2, 0) is 13.0 Å². The molecule has 5 heteroatoms. The quantitative estimate of drug-likeness (QED) is 0.461. The van der Waals surface area contributed by atoms with Gasteiger partial charge in [0.1, 0.15) is 17.9 Å². The average Bonchev–Trinajstić information content (AvgIpc) is 3.15. The Morgan fingerprint density at radius 1 is 1.00 bits per heavy atom. The number of pyridine rings is 1. The zero-order valence-corrected chi connectivity index (χ0v) is 16.2. The maximum absolute atomic E-state index is 13.1. The Bertz CT molecular complexity index is 1090. The van der Waals surface area contributed by atoms with E-state index in [9.17, 15) is 4.79 Å². The minimum atomic E-state index is -0.163. The highest BCUT2D eigenvalue weighted by Crippen LogP contribution is 2.28. The monoisotopic (exact) mass is 386 g/mol. The molecule has 2 aromatic carbocycles. The van der Waals surface area contributed by atoms with Crippen molar-refractivity contribution >= 4 is 16.9 Å². The molecule has 5 nitrogen and oxygen atoms in total. The Kier molecular flexibility index (Phi) is 5.56. The second-order valence-corrected chi connectivity index (χ2v) is 6.81. The molecule has 0 unspecified atom stereocenters. The average molecular weight is 386 g/mol. The van der Waals surface area contributed by atoms with Crippen molar-refractivity contribution in [2.45, 2.75) is 13.0 Å². The Morgan fingerprint density at radius 2 is 1.76 bits per heavy atom. The Labute approximate surface area is 169 Å². The normalized spacial score (nSPS) is 10.8. The van der Waals surface area contributed by atoms with Crippen LogP contribution in [0.2, 0.25) is 0 Å². The van der Waals surface area contributed by atoms with E-state index in [-0.39, 0.29) is 12.5 Å². The standard InChI is InChI=1S/C24H22N2O3/c1-26(16-14-18-9-7-8-15-25-18)24(27)23-21(17-28-19-10-3-2-4-11-19)20-12-5-6-13-22(20)29-23/h2-13,15H,14,16-17H2,1H3. The zero-order valence-electron chi connectivity index (χ0n) is 16.2. The largest absolute Gasteiger partial charge is 0.489 e. The summed E-state index contributed by atoms with van der Waals surface area (Å²) in [6, 6.07) is 23.0. The van der Waals surface area contributed by atoms with Gasteiger partial charge in [0.15, 0.2) is 5.76 Å². The summed E-state index contributed by atoms with van der Waals surface area (Å²) in [4.78, 5) is 19.1. The molecule has 0 bridgehead atoms. The molecule has 2 heterocycles.